The van der Waals surface area contributed by atoms with Gasteiger partial charge in [-0.05, 0) is 17.5 Å². The lowest BCUT2D eigenvalue weighted by Crippen LogP contribution is -2.43. The minimum Gasteiger partial charge on any atom is -0.374 e. The van der Waals surface area contributed by atoms with Crippen LogP contribution in [0.2, 0.25) is 0 Å². The third kappa shape index (κ3) is 3.49. The molecule has 3 aromatic heterocycles. The van der Waals surface area contributed by atoms with Crippen LogP contribution in [0.15, 0.2) is 39.8 Å². The summed E-state index contributed by atoms with van der Waals surface area (Å²) in [5.41, 5.74) is 1.00. The summed E-state index contributed by atoms with van der Waals surface area (Å²) in [6, 6.07) is 3.92. The molecule has 0 N–H and O–H groups in total. The van der Waals surface area contributed by atoms with Gasteiger partial charge in [-0.2, -0.15) is 21.4 Å². The van der Waals surface area contributed by atoms with Crippen LogP contribution in [0.25, 0.3) is 11.4 Å². The third-order valence-electron chi connectivity index (χ3n) is 3.78. The molecule has 0 bridgehead atoms. The molecule has 0 aromatic carbocycles. The number of ether oxygens (including phenoxy) is 1. The molecule has 1 aliphatic heterocycles. The maximum atomic E-state index is 5.82. The highest BCUT2D eigenvalue weighted by Crippen LogP contribution is 2.19. The first-order chi connectivity index (χ1) is 11.4. The lowest BCUT2D eigenvalue weighted by molar-refractivity contribution is -0.0426. The topological polar surface area (TPSA) is 69.2 Å². The smallest absolute Gasteiger partial charge is 0.241 e. The van der Waals surface area contributed by atoms with Gasteiger partial charge in [0, 0.05) is 36.4 Å². The zero-order valence-corrected chi connectivity index (χ0v) is 13.4. The summed E-state index contributed by atoms with van der Waals surface area (Å²) in [4.78, 5) is 6.76. The molecule has 1 aliphatic rings. The van der Waals surface area contributed by atoms with E-state index in [1.807, 2.05) is 33.8 Å². The molecule has 0 aliphatic carbocycles. The Morgan fingerprint density at radius 3 is 3.22 bits per heavy atom. The maximum Gasteiger partial charge on any atom is 0.241 e. The van der Waals surface area contributed by atoms with Gasteiger partial charge in [-0.1, -0.05) is 5.16 Å². The Morgan fingerprint density at radius 2 is 2.39 bits per heavy atom. The van der Waals surface area contributed by atoms with E-state index >= 15 is 0 Å². The zero-order valence-electron chi connectivity index (χ0n) is 12.5. The average molecular weight is 331 g/mol. The molecule has 0 radical (unpaired) electrons. The zero-order chi connectivity index (χ0) is 15.5. The molecule has 0 unspecified atom stereocenters. The van der Waals surface area contributed by atoms with E-state index in [0.29, 0.717) is 24.9 Å². The fraction of sp³-hybridized carbons (Fsp3) is 0.400. The molecule has 0 amide bonds. The first-order valence-electron chi connectivity index (χ1n) is 7.53. The van der Waals surface area contributed by atoms with E-state index in [9.17, 15) is 0 Å². The molecular weight excluding hydrogens is 314 g/mol. The van der Waals surface area contributed by atoms with Crippen LogP contribution in [0.1, 0.15) is 5.89 Å². The van der Waals surface area contributed by atoms with Gasteiger partial charge in [0.25, 0.3) is 0 Å². The van der Waals surface area contributed by atoms with Gasteiger partial charge in [0.2, 0.25) is 11.7 Å². The van der Waals surface area contributed by atoms with Crippen LogP contribution < -0.4 is 0 Å². The molecule has 8 heteroatoms. The van der Waals surface area contributed by atoms with E-state index in [1.54, 1.807) is 17.5 Å². The SMILES string of the molecule is c1cnn(C[C@H]2CN(Cc3nc(-c4ccsc4)no3)CCO2)c1. The minimum absolute atomic E-state index is 0.128. The van der Waals surface area contributed by atoms with Crippen LogP contribution >= 0.6 is 11.3 Å². The number of aromatic nitrogens is 4. The highest BCUT2D eigenvalue weighted by Gasteiger charge is 2.23. The van der Waals surface area contributed by atoms with Crippen LogP contribution in [0.4, 0.5) is 0 Å². The number of hydrogen-bond acceptors (Lipinski definition) is 7. The van der Waals surface area contributed by atoms with Crippen molar-refractivity contribution < 1.29 is 9.26 Å². The minimum atomic E-state index is 0.128. The Labute approximate surface area is 137 Å². The normalized spacial score (nSPS) is 19.2. The van der Waals surface area contributed by atoms with Crippen LogP contribution in [-0.4, -0.2) is 50.6 Å². The molecule has 1 atom stereocenters. The van der Waals surface area contributed by atoms with Crippen LogP contribution in [0.3, 0.4) is 0 Å². The number of morpholine rings is 1. The van der Waals surface area contributed by atoms with Gasteiger partial charge in [0.05, 0.1) is 25.8 Å². The molecule has 7 nitrogen and oxygen atoms in total. The predicted molar refractivity (Wildman–Crippen MR) is 84.9 cm³/mol. The van der Waals surface area contributed by atoms with E-state index < -0.39 is 0 Å². The molecule has 1 fully saturated rings. The highest BCUT2D eigenvalue weighted by atomic mass is 32.1. The quantitative estimate of drug-likeness (QED) is 0.711. The maximum absolute atomic E-state index is 5.82. The summed E-state index contributed by atoms with van der Waals surface area (Å²) in [5.74, 6) is 1.30. The Balaban J connectivity index is 1.37. The summed E-state index contributed by atoms with van der Waals surface area (Å²) < 4.78 is 13.1. The largest absolute Gasteiger partial charge is 0.374 e. The van der Waals surface area contributed by atoms with E-state index in [4.69, 9.17) is 9.26 Å². The number of thiophene rings is 1. The van der Waals surface area contributed by atoms with Gasteiger partial charge in [-0.15, -0.1) is 0 Å². The third-order valence-corrected chi connectivity index (χ3v) is 4.46. The van der Waals surface area contributed by atoms with E-state index in [-0.39, 0.29) is 6.10 Å². The molecule has 4 heterocycles. The molecule has 1 saturated heterocycles. The van der Waals surface area contributed by atoms with Gasteiger partial charge in [-0.3, -0.25) is 9.58 Å². The molecule has 120 valence electrons. The summed E-state index contributed by atoms with van der Waals surface area (Å²) in [5, 5.41) is 12.3. The van der Waals surface area contributed by atoms with Crippen molar-refractivity contribution in [3.8, 4) is 11.4 Å². The Morgan fingerprint density at radius 1 is 1.39 bits per heavy atom. The standard InChI is InChI=1S/C15H17N5O2S/c1-3-16-20(4-1)9-13-8-19(5-6-21-13)10-14-17-15(18-22-14)12-2-7-23-11-12/h1-4,7,11,13H,5-6,8-10H2/t13-/m1/s1. The number of hydrogen-bond donors (Lipinski definition) is 0. The molecule has 23 heavy (non-hydrogen) atoms. The Hall–Kier alpha value is -2.03. The van der Waals surface area contributed by atoms with Crippen molar-refractivity contribution in [3.05, 3.63) is 41.2 Å². The number of nitrogens with zero attached hydrogens (tertiary/aromatic N) is 5. The molecular formula is C15H17N5O2S. The first-order valence-corrected chi connectivity index (χ1v) is 8.47. The van der Waals surface area contributed by atoms with Gasteiger partial charge < -0.3 is 9.26 Å². The van der Waals surface area contributed by atoms with Crippen LogP contribution in [-0.2, 0) is 17.8 Å². The lowest BCUT2D eigenvalue weighted by Gasteiger charge is -2.31. The predicted octanol–water partition coefficient (Wildman–Crippen LogP) is 1.90. The van der Waals surface area contributed by atoms with Crippen molar-refractivity contribution in [1.82, 2.24) is 24.8 Å². The second-order valence-corrected chi connectivity index (χ2v) is 6.26. The van der Waals surface area contributed by atoms with Crippen LogP contribution in [0.5, 0.6) is 0 Å². The van der Waals surface area contributed by atoms with E-state index in [2.05, 4.69) is 20.1 Å². The first kappa shape index (κ1) is 14.6. The molecule has 4 rings (SSSR count). The second-order valence-electron chi connectivity index (χ2n) is 5.48. The highest BCUT2D eigenvalue weighted by molar-refractivity contribution is 7.08. The summed E-state index contributed by atoms with van der Waals surface area (Å²) >= 11 is 1.62. The number of rotatable bonds is 5. The van der Waals surface area contributed by atoms with Crippen molar-refractivity contribution >= 4 is 11.3 Å². The van der Waals surface area contributed by atoms with Gasteiger partial charge in [-0.25, -0.2) is 0 Å². The lowest BCUT2D eigenvalue weighted by atomic mass is 10.2. The summed E-state index contributed by atoms with van der Waals surface area (Å²) in [6.45, 7) is 3.81. The second kappa shape index (κ2) is 6.61. The van der Waals surface area contributed by atoms with Gasteiger partial charge >= 0.3 is 0 Å². The van der Waals surface area contributed by atoms with E-state index in [1.165, 1.54) is 0 Å². The van der Waals surface area contributed by atoms with Gasteiger partial charge in [0.15, 0.2) is 0 Å². The van der Waals surface area contributed by atoms with Crippen molar-refractivity contribution in [3.63, 3.8) is 0 Å². The molecule has 0 saturated carbocycles. The Kier molecular flexibility index (Phi) is 4.18. The molecule has 3 aromatic rings. The van der Waals surface area contributed by atoms with Crippen molar-refractivity contribution in [2.24, 2.45) is 0 Å². The Bertz CT molecular complexity index is 725. The summed E-state index contributed by atoms with van der Waals surface area (Å²) in [6.07, 6.45) is 3.86. The average Bonchev–Trinajstić information content (AvgIpc) is 3.30. The molecule has 0 spiro atoms. The monoisotopic (exact) mass is 331 g/mol. The van der Waals surface area contributed by atoms with E-state index in [0.717, 1.165) is 25.2 Å². The van der Waals surface area contributed by atoms with Crippen molar-refractivity contribution in [1.29, 1.82) is 0 Å². The summed E-state index contributed by atoms with van der Waals surface area (Å²) in [7, 11) is 0. The van der Waals surface area contributed by atoms with Crippen molar-refractivity contribution in [2.75, 3.05) is 19.7 Å². The van der Waals surface area contributed by atoms with Crippen molar-refractivity contribution in [2.45, 2.75) is 19.2 Å². The fourth-order valence-electron chi connectivity index (χ4n) is 2.67. The van der Waals surface area contributed by atoms with Crippen LogP contribution in [0, 0.1) is 0 Å². The fourth-order valence-corrected chi connectivity index (χ4v) is 3.31. The van der Waals surface area contributed by atoms with Gasteiger partial charge in [0.1, 0.15) is 0 Å².